The molecule has 0 spiro atoms. The highest BCUT2D eigenvalue weighted by Crippen LogP contribution is 2.37. The second-order valence-corrected chi connectivity index (χ2v) is 6.59. The largest absolute Gasteiger partial charge is 0.476 e. The number of hydrogen-bond donors (Lipinski definition) is 1. The van der Waals surface area contributed by atoms with Crippen LogP contribution in [0.2, 0.25) is 5.15 Å². The Morgan fingerprint density at radius 2 is 2.08 bits per heavy atom. The lowest BCUT2D eigenvalue weighted by Crippen LogP contribution is -2.53. The molecule has 1 aromatic carbocycles. The van der Waals surface area contributed by atoms with E-state index in [-0.39, 0.29) is 24.8 Å². The van der Waals surface area contributed by atoms with E-state index >= 15 is 0 Å². The third-order valence-electron chi connectivity index (χ3n) is 3.85. The van der Waals surface area contributed by atoms with Gasteiger partial charge in [0.25, 0.3) is 5.91 Å². The van der Waals surface area contributed by atoms with E-state index in [0.717, 1.165) is 0 Å². The van der Waals surface area contributed by atoms with Crippen molar-refractivity contribution in [2.24, 2.45) is 0 Å². The molecule has 1 aromatic heterocycles. The number of amides is 2. The molecule has 7 heteroatoms. The van der Waals surface area contributed by atoms with E-state index in [2.05, 4.69) is 10.3 Å². The smallest absolute Gasteiger partial charge is 0.270 e. The number of fused-ring (bicyclic) bond motifs is 1. The molecule has 1 N–H and O–H groups in total. The highest BCUT2D eigenvalue weighted by Gasteiger charge is 2.40. The summed E-state index contributed by atoms with van der Waals surface area (Å²) in [6.45, 7) is 3.70. The summed E-state index contributed by atoms with van der Waals surface area (Å²) in [5.74, 6) is 0.247. The second-order valence-electron chi connectivity index (χ2n) is 6.20. The Hall–Kier alpha value is -2.60. The fraction of sp³-hybridized carbons (Fsp3) is 0.278. The van der Waals surface area contributed by atoms with Gasteiger partial charge in [-0.25, -0.2) is 4.98 Å². The second kappa shape index (κ2) is 6.72. The number of ether oxygens (including phenoxy) is 1. The Bertz CT molecular complexity index is 823. The molecular weight excluding hydrogens is 342 g/mol. The van der Waals surface area contributed by atoms with Crippen LogP contribution in [0.25, 0.3) is 0 Å². The third kappa shape index (κ3) is 3.74. The molecule has 0 radical (unpaired) electrons. The van der Waals surface area contributed by atoms with Crippen LogP contribution in [0.1, 0.15) is 20.3 Å². The predicted octanol–water partition coefficient (Wildman–Crippen LogP) is 3.27. The van der Waals surface area contributed by atoms with Crippen LogP contribution in [0, 0.1) is 0 Å². The van der Waals surface area contributed by atoms with E-state index in [9.17, 15) is 9.59 Å². The van der Waals surface area contributed by atoms with E-state index in [1.54, 1.807) is 30.9 Å². The van der Waals surface area contributed by atoms with Crippen LogP contribution in [0.4, 0.5) is 11.4 Å². The van der Waals surface area contributed by atoms with E-state index < -0.39 is 5.60 Å². The summed E-state index contributed by atoms with van der Waals surface area (Å²) >= 11 is 5.80. The van der Waals surface area contributed by atoms with E-state index in [4.69, 9.17) is 16.3 Å². The van der Waals surface area contributed by atoms with Crippen molar-refractivity contribution in [1.82, 2.24) is 4.98 Å². The highest BCUT2D eigenvalue weighted by atomic mass is 35.5. The summed E-state index contributed by atoms with van der Waals surface area (Å²) < 4.78 is 5.76. The zero-order valence-electron chi connectivity index (χ0n) is 14.0. The summed E-state index contributed by atoms with van der Waals surface area (Å²) in [6.07, 6.45) is 1.66. The Morgan fingerprint density at radius 3 is 2.84 bits per heavy atom. The molecule has 2 aromatic rings. The molecule has 0 unspecified atom stereocenters. The maximum atomic E-state index is 12.7. The number of para-hydroxylation sites is 2. The molecule has 1 aliphatic heterocycles. The van der Waals surface area contributed by atoms with Crippen LogP contribution in [-0.4, -0.2) is 28.9 Å². The van der Waals surface area contributed by atoms with Gasteiger partial charge >= 0.3 is 0 Å². The number of carbonyl (C=O) groups is 2. The molecule has 0 aliphatic carbocycles. The molecule has 130 valence electrons. The van der Waals surface area contributed by atoms with E-state index in [1.807, 2.05) is 24.3 Å². The van der Waals surface area contributed by atoms with Gasteiger partial charge in [0, 0.05) is 24.8 Å². The van der Waals surface area contributed by atoms with Crippen LogP contribution in [-0.2, 0) is 9.59 Å². The number of anilines is 2. The van der Waals surface area contributed by atoms with Gasteiger partial charge in [-0.3, -0.25) is 9.59 Å². The Morgan fingerprint density at radius 1 is 1.32 bits per heavy atom. The molecule has 2 heterocycles. The number of rotatable bonds is 4. The zero-order valence-corrected chi connectivity index (χ0v) is 14.7. The first-order valence-electron chi connectivity index (χ1n) is 7.88. The number of pyridine rings is 1. The summed E-state index contributed by atoms with van der Waals surface area (Å²) in [4.78, 5) is 30.3. The molecule has 0 saturated carbocycles. The van der Waals surface area contributed by atoms with Gasteiger partial charge < -0.3 is 15.0 Å². The first-order chi connectivity index (χ1) is 11.9. The van der Waals surface area contributed by atoms with Crippen molar-refractivity contribution >= 4 is 34.8 Å². The minimum absolute atomic E-state index is 0.149. The molecule has 0 bridgehead atoms. The standard InChI is InChI=1S/C18H18ClN3O3/c1-18(2)17(24)22(13-5-3-4-6-14(13)25-18)10-8-16(23)21-12-7-9-20-15(19)11-12/h3-7,9,11H,8,10H2,1-2H3,(H,20,21,23). The summed E-state index contributed by atoms with van der Waals surface area (Å²) in [5.41, 5.74) is 0.273. The zero-order chi connectivity index (χ0) is 18.0. The number of carbonyl (C=O) groups excluding carboxylic acids is 2. The molecule has 25 heavy (non-hydrogen) atoms. The fourth-order valence-corrected chi connectivity index (χ4v) is 2.83. The number of nitrogens with one attached hydrogen (secondary N) is 1. The highest BCUT2D eigenvalue weighted by molar-refractivity contribution is 6.29. The fourth-order valence-electron chi connectivity index (χ4n) is 2.66. The van der Waals surface area contributed by atoms with Crippen molar-refractivity contribution in [2.75, 3.05) is 16.8 Å². The van der Waals surface area contributed by atoms with Gasteiger partial charge in [-0.1, -0.05) is 23.7 Å². The number of benzene rings is 1. The monoisotopic (exact) mass is 359 g/mol. The Balaban J connectivity index is 1.71. The molecule has 3 rings (SSSR count). The van der Waals surface area contributed by atoms with Gasteiger partial charge in [0.2, 0.25) is 5.91 Å². The Kier molecular flexibility index (Phi) is 4.63. The summed E-state index contributed by atoms with van der Waals surface area (Å²) in [7, 11) is 0. The van der Waals surface area contributed by atoms with Gasteiger partial charge in [0.1, 0.15) is 10.9 Å². The summed E-state index contributed by atoms with van der Waals surface area (Å²) in [6, 6.07) is 10.5. The van der Waals surface area contributed by atoms with Gasteiger partial charge in [-0.05, 0) is 38.1 Å². The molecule has 0 fully saturated rings. The number of aromatic nitrogens is 1. The van der Waals surface area contributed by atoms with Crippen LogP contribution in [0.15, 0.2) is 42.6 Å². The predicted molar refractivity (Wildman–Crippen MR) is 96.0 cm³/mol. The van der Waals surface area contributed by atoms with Crippen molar-refractivity contribution in [3.05, 3.63) is 47.7 Å². The SMILES string of the molecule is CC1(C)Oc2ccccc2N(CCC(=O)Nc2ccnc(Cl)c2)C1=O. The van der Waals surface area contributed by atoms with Crippen molar-refractivity contribution < 1.29 is 14.3 Å². The molecule has 2 amide bonds. The lowest BCUT2D eigenvalue weighted by Gasteiger charge is -2.38. The maximum Gasteiger partial charge on any atom is 0.270 e. The Labute approximate surface area is 150 Å². The molecule has 0 atom stereocenters. The number of hydrogen-bond acceptors (Lipinski definition) is 4. The van der Waals surface area contributed by atoms with Crippen molar-refractivity contribution in [2.45, 2.75) is 25.9 Å². The molecule has 1 aliphatic rings. The topological polar surface area (TPSA) is 71.5 Å². The van der Waals surface area contributed by atoms with Crippen molar-refractivity contribution in [3.8, 4) is 5.75 Å². The molecule has 0 saturated heterocycles. The van der Waals surface area contributed by atoms with Crippen LogP contribution in [0.3, 0.4) is 0 Å². The molecular formula is C18H18ClN3O3. The average Bonchev–Trinajstić information content (AvgIpc) is 2.55. The third-order valence-corrected chi connectivity index (χ3v) is 4.06. The van der Waals surface area contributed by atoms with Crippen LogP contribution in [0.5, 0.6) is 5.75 Å². The van der Waals surface area contributed by atoms with E-state index in [0.29, 0.717) is 22.3 Å². The van der Waals surface area contributed by atoms with Gasteiger partial charge in [0.05, 0.1) is 5.69 Å². The average molecular weight is 360 g/mol. The lowest BCUT2D eigenvalue weighted by molar-refractivity contribution is -0.132. The van der Waals surface area contributed by atoms with Crippen molar-refractivity contribution in [3.63, 3.8) is 0 Å². The van der Waals surface area contributed by atoms with Gasteiger partial charge in [-0.15, -0.1) is 0 Å². The van der Waals surface area contributed by atoms with Crippen molar-refractivity contribution in [1.29, 1.82) is 0 Å². The van der Waals surface area contributed by atoms with E-state index in [1.165, 1.54) is 6.20 Å². The van der Waals surface area contributed by atoms with Crippen LogP contribution < -0.4 is 15.0 Å². The minimum atomic E-state index is -0.969. The normalized spacial score (nSPS) is 15.3. The van der Waals surface area contributed by atoms with Gasteiger partial charge in [-0.2, -0.15) is 0 Å². The van der Waals surface area contributed by atoms with Crippen LogP contribution >= 0.6 is 11.6 Å². The molecule has 6 nitrogen and oxygen atoms in total. The number of halogens is 1. The van der Waals surface area contributed by atoms with Gasteiger partial charge in [0.15, 0.2) is 5.60 Å². The minimum Gasteiger partial charge on any atom is -0.476 e. The number of nitrogens with zero attached hydrogens (tertiary/aromatic N) is 2. The quantitative estimate of drug-likeness (QED) is 0.850. The first kappa shape index (κ1) is 17.2. The first-order valence-corrected chi connectivity index (χ1v) is 8.26. The summed E-state index contributed by atoms with van der Waals surface area (Å²) in [5, 5.41) is 3.05. The maximum absolute atomic E-state index is 12.7. The lowest BCUT2D eigenvalue weighted by atomic mass is 10.0.